The van der Waals surface area contributed by atoms with Gasteiger partial charge in [-0.3, -0.25) is 4.98 Å². The maximum atomic E-state index is 4.05. The van der Waals surface area contributed by atoms with Crippen LogP contribution in [0, 0.1) is 6.92 Å². The lowest BCUT2D eigenvalue weighted by molar-refractivity contribution is 0.743. The minimum absolute atomic E-state index is 1.07. The molecule has 0 amide bonds. The molecule has 0 atom stereocenters. The highest BCUT2D eigenvalue weighted by atomic mass is 14.9. The fourth-order valence-corrected chi connectivity index (χ4v) is 1.27. The van der Waals surface area contributed by atoms with E-state index in [1.807, 2.05) is 18.5 Å². The fourth-order valence-electron chi connectivity index (χ4n) is 1.27. The first-order chi connectivity index (χ1) is 6.34. The van der Waals surface area contributed by atoms with Gasteiger partial charge in [0.15, 0.2) is 0 Å². The van der Waals surface area contributed by atoms with Crippen LogP contribution in [-0.2, 0) is 0 Å². The predicted molar refractivity (Wildman–Crippen MR) is 57.0 cm³/mol. The molecule has 0 spiro atoms. The van der Waals surface area contributed by atoms with Gasteiger partial charge in [0.2, 0.25) is 0 Å². The maximum absolute atomic E-state index is 4.05. The van der Waals surface area contributed by atoms with Gasteiger partial charge >= 0.3 is 0 Å². The molecule has 1 heterocycles. The second-order valence-electron chi connectivity index (χ2n) is 3.32. The Morgan fingerprint density at radius 1 is 1.38 bits per heavy atom. The van der Waals surface area contributed by atoms with Crippen molar-refractivity contribution >= 4 is 5.69 Å². The van der Waals surface area contributed by atoms with Crippen LogP contribution in [0.5, 0.6) is 0 Å². The first-order valence-electron chi connectivity index (χ1n) is 4.99. The van der Waals surface area contributed by atoms with E-state index in [0.717, 1.165) is 6.54 Å². The highest BCUT2D eigenvalue weighted by Crippen LogP contribution is 2.11. The van der Waals surface area contributed by atoms with Crippen LogP contribution in [0.1, 0.15) is 31.7 Å². The van der Waals surface area contributed by atoms with Crippen LogP contribution >= 0.6 is 0 Å². The van der Waals surface area contributed by atoms with Gasteiger partial charge in [-0.1, -0.05) is 19.8 Å². The highest BCUT2D eigenvalue weighted by Gasteiger charge is 1.94. The molecule has 72 valence electrons. The second kappa shape index (κ2) is 5.57. The van der Waals surface area contributed by atoms with Crippen molar-refractivity contribution in [2.24, 2.45) is 0 Å². The molecule has 0 aliphatic heterocycles. The lowest BCUT2D eigenvalue weighted by atomic mass is 10.2. The van der Waals surface area contributed by atoms with Gasteiger partial charge in [0.1, 0.15) is 0 Å². The summed E-state index contributed by atoms with van der Waals surface area (Å²) >= 11 is 0. The third kappa shape index (κ3) is 3.45. The maximum Gasteiger partial charge on any atom is 0.0400 e. The molecule has 0 unspecified atom stereocenters. The summed E-state index contributed by atoms with van der Waals surface area (Å²) in [4.78, 5) is 4.05. The lowest BCUT2D eigenvalue weighted by Crippen LogP contribution is -2.02. The average molecular weight is 178 g/mol. The Hall–Kier alpha value is -1.05. The SMILES string of the molecule is CCCCCNc1ccncc1C. The summed E-state index contributed by atoms with van der Waals surface area (Å²) in [5.74, 6) is 0. The van der Waals surface area contributed by atoms with Gasteiger partial charge in [-0.25, -0.2) is 0 Å². The van der Waals surface area contributed by atoms with E-state index in [2.05, 4.69) is 24.1 Å². The van der Waals surface area contributed by atoms with Crippen LogP contribution < -0.4 is 5.32 Å². The third-order valence-corrected chi connectivity index (χ3v) is 2.12. The molecule has 0 aromatic carbocycles. The summed E-state index contributed by atoms with van der Waals surface area (Å²) in [6.45, 7) is 5.37. The van der Waals surface area contributed by atoms with Crippen LogP contribution in [0.15, 0.2) is 18.5 Å². The van der Waals surface area contributed by atoms with Crippen molar-refractivity contribution in [3.63, 3.8) is 0 Å². The molecule has 1 aromatic heterocycles. The molecular weight excluding hydrogens is 160 g/mol. The smallest absolute Gasteiger partial charge is 0.0400 e. The van der Waals surface area contributed by atoms with Crippen LogP contribution in [-0.4, -0.2) is 11.5 Å². The predicted octanol–water partition coefficient (Wildman–Crippen LogP) is 2.99. The first-order valence-corrected chi connectivity index (χ1v) is 4.99. The lowest BCUT2D eigenvalue weighted by Gasteiger charge is -2.07. The molecule has 13 heavy (non-hydrogen) atoms. The van der Waals surface area contributed by atoms with Gasteiger partial charge in [-0.05, 0) is 25.0 Å². The van der Waals surface area contributed by atoms with Gasteiger partial charge in [0.25, 0.3) is 0 Å². The topological polar surface area (TPSA) is 24.9 Å². The summed E-state index contributed by atoms with van der Waals surface area (Å²) in [6, 6.07) is 2.03. The summed E-state index contributed by atoms with van der Waals surface area (Å²) in [5.41, 5.74) is 2.44. The van der Waals surface area contributed by atoms with Crippen molar-refractivity contribution in [3.8, 4) is 0 Å². The monoisotopic (exact) mass is 178 g/mol. The van der Waals surface area contributed by atoms with Crippen molar-refractivity contribution in [3.05, 3.63) is 24.0 Å². The molecule has 1 N–H and O–H groups in total. The van der Waals surface area contributed by atoms with E-state index < -0.39 is 0 Å². The molecule has 0 aliphatic carbocycles. The zero-order chi connectivity index (χ0) is 9.52. The molecule has 2 nitrogen and oxygen atoms in total. The standard InChI is InChI=1S/C11H18N2/c1-3-4-5-7-13-11-6-8-12-9-10(11)2/h6,8-9H,3-5,7H2,1-2H3,(H,12,13). The zero-order valence-electron chi connectivity index (χ0n) is 8.51. The van der Waals surface area contributed by atoms with Crippen molar-refractivity contribution in [1.29, 1.82) is 0 Å². The number of rotatable bonds is 5. The number of hydrogen-bond donors (Lipinski definition) is 1. The number of aryl methyl sites for hydroxylation is 1. The largest absolute Gasteiger partial charge is 0.385 e. The van der Waals surface area contributed by atoms with E-state index in [9.17, 15) is 0 Å². The number of pyridine rings is 1. The third-order valence-electron chi connectivity index (χ3n) is 2.12. The minimum Gasteiger partial charge on any atom is -0.385 e. The number of nitrogens with zero attached hydrogens (tertiary/aromatic N) is 1. The van der Waals surface area contributed by atoms with E-state index in [0.29, 0.717) is 0 Å². The van der Waals surface area contributed by atoms with E-state index in [1.54, 1.807) is 0 Å². The van der Waals surface area contributed by atoms with Crippen LogP contribution in [0.25, 0.3) is 0 Å². The molecule has 0 aliphatic rings. The summed E-state index contributed by atoms with van der Waals surface area (Å²) in [5, 5.41) is 3.41. The van der Waals surface area contributed by atoms with Gasteiger partial charge in [-0.15, -0.1) is 0 Å². The van der Waals surface area contributed by atoms with Crippen molar-refractivity contribution < 1.29 is 0 Å². The molecule has 2 heteroatoms. The Balaban J connectivity index is 2.32. The summed E-state index contributed by atoms with van der Waals surface area (Å²) in [7, 11) is 0. The van der Waals surface area contributed by atoms with Crippen molar-refractivity contribution in [1.82, 2.24) is 4.98 Å². The van der Waals surface area contributed by atoms with E-state index in [4.69, 9.17) is 0 Å². The van der Waals surface area contributed by atoms with E-state index in [-0.39, 0.29) is 0 Å². The molecule has 1 aromatic rings. The normalized spacial score (nSPS) is 10.0. The Kier molecular flexibility index (Phi) is 4.30. The number of hydrogen-bond acceptors (Lipinski definition) is 2. The van der Waals surface area contributed by atoms with Gasteiger partial charge in [-0.2, -0.15) is 0 Å². The van der Waals surface area contributed by atoms with Gasteiger partial charge in [0.05, 0.1) is 0 Å². The molecule has 0 fully saturated rings. The van der Waals surface area contributed by atoms with Crippen LogP contribution in [0.3, 0.4) is 0 Å². The Bertz CT molecular complexity index is 246. The Labute approximate surface area is 80.4 Å². The van der Waals surface area contributed by atoms with Crippen LogP contribution in [0.4, 0.5) is 5.69 Å². The number of unbranched alkanes of at least 4 members (excludes halogenated alkanes) is 2. The molecule has 0 saturated heterocycles. The van der Waals surface area contributed by atoms with Gasteiger partial charge < -0.3 is 5.32 Å². The number of anilines is 1. The Morgan fingerprint density at radius 2 is 2.23 bits per heavy atom. The summed E-state index contributed by atoms with van der Waals surface area (Å²) in [6.07, 6.45) is 7.55. The van der Waals surface area contributed by atoms with Crippen LogP contribution in [0.2, 0.25) is 0 Å². The molecule has 1 rings (SSSR count). The highest BCUT2D eigenvalue weighted by molar-refractivity contribution is 5.48. The summed E-state index contributed by atoms with van der Waals surface area (Å²) < 4.78 is 0. The minimum atomic E-state index is 1.07. The number of nitrogens with one attached hydrogen (secondary N) is 1. The van der Waals surface area contributed by atoms with E-state index in [1.165, 1.54) is 30.5 Å². The fraction of sp³-hybridized carbons (Fsp3) is 0.545. The van der Waals surface area contributed by atoms with Crippen molar-refractivity contribution in [2.45, 2.75) is 33.1 Å². The first kappa shape index (κ1) is 10.0. The van der Waals surface area contributed by atoms with Crippen molar-refractivity contribution in [2.75, 3.05) is 11.9 Å². The zero-order valence-corrected chi connectivity index (χ0v) is 8.51. The molecule has 0 bridgehead atoms. The Morgan fingerprint density at radius 3 is 2.92 bits per heavy atom. The average Bonchev–Trinajstić information content (AvgIpc) is 2.15. The molecular formula is C11H18N2. The molecule has 0 radical (unpaired) electrons. The molecule has 0 saturated carbocycles. The second-order valence-corrected chi connectivity index (χ2v) is 3.32. The number of aromatic nitrogens is 1. The van der Waals surface area contributed by atoms with E-state index >= 15 is 0 Å². The van der Waals surface area contributed by atoms with Gasteiger partial charge in [0, 0.05) is 24.6 Å². The quantitative estimate of drug-likeness (QED) is 0.701.